The van der Waals surface area contributed by atoms with E-state index in [1.807, 2.05) is 6.92 Å². The van der Waals surface area contributed by atoms with Crippen molar-refractivity contribution in [3.63, 3.8) is 0 Å². The molecule has 3 aromatic rings. The molecule has 0 aliphatic rings. The van der Waals surface area contributed by atoms with Crippen LogP contribution in [-0.2, 0) is 4.79 Å². The molecule has 2 aromatic heterocycles. The van der Waals surface area contributed by atoms with Gasteiger partial charge in [0, 0.05) is 10.7 Å². The number of fused-ring (bicyclic) bond motifs is 1. The molecule has 0 fully saturated rings. The van der Waals surface area contributed by atoms with Crippen molar-refractivity contribution in [3.8, 4) is 0 Å². The zero-order valence-electron chi connectivity index (χ0n) is 14.0. The first-order valence-corrected chi connectivity index (χ1v) is 8.21. The van der Waals surface area contributed by atoms with E-state index in [9.17, 15) is 9.59 Å². The molecule has 0 aliphatic carbocycles. The highest BCUT2D eigenvalue weighted by atomic mass is 35.5. The van der Waals surface area contributed by atoms with Crippen molar-refractivity contribution in [1.29, 1.82) is 0 Å². The van der Waals surface area contributed by atoms with Crippen LogP contribution < -0.4 is 10.9 Å². The van der Waals surface area contributed by atoms with Gasteiger partial charge in [0.05, 0.1) is 5.69 Å². The summed E-state index contributed by atoms with van der Waals surface area (Å²) >= 11 is 5.85. The molecule has 3 rings (SSSR count). The number of anilines is 1. The average Bonchev–Trinajstić information content (AvgIpc) is 2.94. The molecule has 0 bridgehead atoms. The molecular formula is C17H17ClN4O3. The van der Waals surface area contributed by atoms with Gasteiger partial charge in [0.25, 0.3) is 11.3 Å². The van der Waals surface area contributed by atoms with Crippen molar-refractivity contribution in [2.45, 2.75) is 33.2 Å². The highest BCUT2D eigenvalue weighted by Crippen LogP contribution is 2.19. The highest BCUT2D eigenvalue weighted by molar-refractivity contribution is 6.30. The molecule has 1 N–H and O–H groups in total. The number of amides is 1. The maximum atomic E-state index is 12.9. The van der Waals surface area contributed by atoms with E-state index in [-0.39, 0.29) is 17.2 Å². The number of benzene rings is 1. The number of rotatable bonds is 4. The first kappa shape index (κ1) is 17.2. The normalized spacial score (nSPS) is 12.3. The lowest BCUT2D eigenvalue weighted by molar-refractivity contribution is -0.119. The smallest absolute Gasteiger partial charge is 0.267 e. The van der Waals surface area contributed by atoms with Gasteiger partial charge in [-0.2, -0.15) is 4.98 Å². The molecule has 25 heavy (non-hydrogen) atoms. The van der Waals surface area contributed by atoms with Gasteiger partial charge in [-0.25, -0.2) is 0 Å². The minimum atomic E-state index is -0.700. The van der Waals surface area contributed by atoms with Crippen LogP contribution >= 0.6 is 11.6 Å². The van der Waals surface area contributed by atoms with Crippen LogP contribution in [0.4, 0.5) is 5.69 Å². The number of aromatic nitrogens is 3. The Labute approximate surface area is 148 Å². The van der Waals surface area contributed by atoms with Gasteiger partial charge in [0.15, 0.2) is 0 Å². The largest absolute Gasteiger partial charge is 0.335 e. The Bertz CT molecular complexity index is 992. The van der Waals surface area contributed by atoms with Gasteiger partial charge >= 0.3 is 0 Å². The fraction of sp³-hybridized carbons (Fsp3) is 0.294. The molecule has 0 saturated heterocycles. The number of nitrogens with zero attached hydrogens (tertiary/aromatic N) is 3. The van der Waals surface area contributed by atoms with Gasteiger partial charge in [-0.1, -0.05) is 23.7 Å². The van der Waals surface area contributed by atoms with Crippen molar-refractivity contribution < 1.29 is 9.32 Å². The minimum absolute atomic E-state index is 0.184. The zero-order chi connectivity index (χ0) is 18.1. The van der Waals surface area contributed by atoms with Gasteiger partial charge in [0.1, 0.15) is 17.3 Å². The van der Waals surface area contributed by atoms with E-state index in [1.165, 1.54) is 4.57 Å². The van der Waals surface area contributed by atoms with E-state index < -0.39 is 6.04 Å². The fourth-order valence-corrected chi connectivity index (χ4v) is 2.89. The van der Waals surface area contributed by atoms with Crippen molar-refractivity contribution in [2.75, 3.05) is 5.32 Å². The summed E-state index contributed by atoms with van der Waals surface area (Å²) in [5.41, 5.74) is 0.909. The maximum absolute atomic E-state index is 12.9. The van der Waals surface area contributed by atoms with Gasteiger partial charge in [0.2, 0.25) is 5.91 Å². The van der Waals surface area contributed by atoms with E-state index in [4.69, 9.17) is 16.1 Å². The summed E-state index contributed by atoms with van der Waals surface area (Å²) in [7, 11) is 0. The topological polar surface area (TPSA) is 90.0 Å². The summed E-state index contributed by atoms with van der Waals surface area (Å²) in [6, 6.07) is 6.07. The number of nitrogens with one attached hydrogen (secondary N) is 1. The molecule has 7 nitrogen and oxygen atoms in total. The summed E-state index contributed by atoms with van der Waals surface area (Å²) in [6.07, 6.45) is 0.428. The Balaban J connectivity index is 2.01. The van der Waals surface area contributed by atoms with E-state index in [1.54, 1.807) is 38.1 Å². The van der Waals surface area contributed by atoms with Crippen LogP contribution in [0.2, 0.25) is 5.02 Å². The highest BCUT2D eigenvalue weighted by Gasteiger charge is 2.25. The predicted octanol–water partition coefficient (Wildman–Crippen LogP) is 3.24. The molecule has 0 unspecified atom stereocenters. The average molecular weight is 361 g/mol. The van der Waals surface area contributed by atoms with Crippen LogP contribution in [0, 0.1) is 13.8 Å². The van der Waals surface area contributed by atoms with Crippen molar-refractivity contribution in [3.05, 3.63) is 51.2 Å². The molecular weight excluding hydrogens is 344 g/mol. The Morgan fingerprint density at radius 2 is 2.00 bits per heavy atom. The Morgan fingerprint density at radius 1 is 1.32 bits per heavy atom. The lowest BCUT2D eigenvalue weighted by Crippen LogP contribution is -2.35. The Hall–Kier alpha value is -2.67. The second-order valence-corrected chi connectivity index (χ2v) is 6.14. The van der Waals surface area contributed by atoms with Gasteiger partial charge in [-0.05, 0) is 44.5 Å². The van der Waals surface area contributed by atoms with Crippen LogP contribution in [0.25, 0.3) is 11.1 Å². The standard InChI is InChI=1S/C17H17ClN4O3/c1-4-13(15(23)20-12-7-5-11(18)6-8-12)22-10(3)19-16-14(17(22)24)9(2)21-25-16/h5-8,13H,4H2,1-3H3,(H,20,23)/t13-/m0/s1. The molecule has 2 heterocycles. The third-order valence-electron chi connectivity index (χ3n) is 4.00. The first-order valence-electron chi connectivity index (χ1n) is 7.84. The van der Waals surface area contributed by atoms with Gasteiger partial charge in [-0.3, -0.25) is 14.2 Å². The van der Waals surface area contributed by atoms with E-state index in [0.29, 0.717) is 34.0 Å². The lowest BCUT2D eigenvalue weighted by atomic mass is 10.1. The number of aryl methyl sites for hydroxylation is 2. The van der Waals surface area contributed by atoms with E-state index in [0.717, 1.165) is 0 Å². The quantitative estimate of drug-likeness (QED) is 0.771. The van der Waals surface area contributed by atoms with Crippen molar-refractivity contribution in [1.82, 2.24) is 14.7 Å². The van der Waals surface area contributed by atoms with Crippen LogP contribution in [0.3, 0.4) is 0 Å². The van der Waals surface area contributed by atoms with Crippen LogP contribution in [0.1, 0.15) is 30.9 Å². The van der Waals surface area contributed by atoms with Gasteiger partial charge < -0.3 is 9.84 Å². The maximum Gasteiger partial charge on any atom is 0.267 e. The molecule has 0 saturated carbocycles. The number of halogens is 1. The molecule has 0 spiro atoms. The van der Waals surface area contributed by atoms with Crippen molar-refractivity contribution >= 4 is 34.3 Å². The zero-order valence-corrected chi connectivity index (χ0v) is 14.8. The molecule has 130 valence electrons. The molecule has 1 aromatic carbocycles. The van der Waals surface area contributed by atoms with E-state index >= 15 is 0 Å². The Kier molecular flexibility index (Phi) is 4.59. The second kappa shape index (κ2) is 6.68. The first-order chi connectivity index (χ1) is 11.9. The predicted molar refractivity (Wildman–Crippen MR) is 94.9 cm³/mol. The van der Waals surface area contributed by atoms with Crippen LogP contribution in [0.15, 0.2) is 33.6 Å². The van der Waals surface area contributed by atoms with E-state index in [2.05, 4.69) is 15.5 Å². The van der Waals surface area contributed by atoms with Crippen molar-refractivity contribution in [2.24, 2.45) is 0 Å². The SMILES string of the molecule is CC[C@@H](C(=O)Nc1ccc(Cl)cc1)n1c(C)nc2onc(C)c2c1=O. The van der Waals surface area contributed by atoms with Crippen LogP contribution in [0.5, 0.6) is 0 Å². The molecule has 8 heteroatoms. The third kappa shape index (κ3) is 3.15. The number of hydrogen-bond acceptors (Lipinski definition) is 5. The summed E-state index contributed by atoms with van der Waals surface area (Å²) in [6.45, 7) is 5.17. The minimum Gasteiger partial charge on any atom is -0.335 e. The summed E-state index contributed by atoms with van der Waals surface area (Å²) in [5, 5.41) is 7.46. The molecule has 1 atom stereocenters. The molecule has 0 aliphatic heterocycles. The summed E-state index contributed by atoms with van der Waals surface area (Å²) in [5.74, 6) is 0.0945. The number of carbonyl (C=O) groups is 1. The second-order valence-electron chi connectivity index (χ2n) is 5.70. The van der Waals surface area contributed by atoms with Crippen LogP contribution in [-0.4, -0.2) is 20.6 Å². The van der Waals surface area contributed by atoms with Gasteiger partial charge in [-0.15, -0.1) is 0 Å². The molecule has 0 radical (unpaired) electrons. The lowest BCUT2D eigenvalue weighted by Gasteiger charge is -2.19. The fourth-order valence-electron chi connectivity index (χ4n) is 2.76. The third-order valence-corrected chi connectivity index (χ3v) is 4.25. The summed E-state index contributed by atoms with van der Waals surface area (Å²) in [4.78, 5) is 29.8. The monoisotopic (exact) mass is 360 g/mol. The number of carbonyl (C=O) groups excluding carboxylic acids is 1. The Morgan fingerprint density at radius 3 is 2.64 bits per heavy atom. The summed E-state index contributed by atoms with van der Waals surface area (Å²) < 4.78 is 6.45. The molecule has 1 amide bonds. The number of hydrogen-bond donors (Lipinski definition) is 1.